The minimum absolute atomic E-state index is 0.131. The summed E-state index contributed by atoms with van der Waals surface area (Å²) in [6.45, 7) is 10.8. The molecule has 0 radical (unpaired) electrons. The van der Waals surface area contributed by atoms with Crippen LogP contribution in [0.3, 0.4) is 0 Å². The lowest BCUT2D eigenvalue weighted by molar-refractivity contribution is 0.103. The number of imidazole rings is 1. The van der Waals surface area contributed by atoms with Gasteiger partial charge in [0.05, 0.1) is 18.5 Å². The molecule has 0 unspecified atom stereocenters. The van der Waals surface area contributed by atoms with Crippen LogP contribution in [0.5, 0.6) is 0 Å². The van der Waals surface area contributed by atoms with Crippen molar-refractivity contribution in [1.82, 2.24) is 24.5 Å². The molecule has 3 aromatic heterocycles. The van der Waals surface area contributed by atoms with Gasteiger partial charge < -0.3 is 20.3 Å². The summed E-state index contributed by atoms with van der Waals surface area (Å²) >= 11 is 0. The van der Waals surface area contributed by atoms with E-state index in [1.54, 1.807) is 12.5 Å². The molecular weight excluding hydrogens is 366 g/mol. The average Bonchev–Trinajstić information content (AvgIpc) is 3.14. The first kappa shape index (κ1) is 21.0. The van der Waals surface area contributed by atoms with E-state index in [0.29, 0.717) is 18.3 Å². The summed E-state index contributed by atoms with van der Waals surface area (Å²) in [7, 11) is 0. The van der Waals surface area contributed by atoms with Crippen molar-refractivity contribution in [2.45, 2.75) is 65.8 Å². The molecule has 0 aliphatic heterocycles. The maximum absolute atomic E-state index is 10.5. The number of aromatic nitrogens is 5. The molecule has 0 bridgehead atoms. The third-order valence-electron chi connectivity index (χ3n) is 5.01. The lowest BCUT2D eigenvalue weighted by Gasteiger charge is -2.26. The first-order valence-electron chi connectivity index (χ1n) is 10.2. The van der Waals surface area contributed by atoms with Crippen molar-refractivity contribution in [2.24, 2.45) is 5.92 Å². The molecule has 29 heavy (non-hydrogen) atoms. The Balaban J connectivity index is 1.95. The Morgan fingerprint density at radius 2 is 1.97 bits per heavy atom. The number of pyridine rings is 1. The molecule has 3 aromatic rings. The predicted molar refractivity (Wildman–Crippen MR) is 116 cm³/mol. The minimum atomic E-state index is -0.485. The number of nitrogens with zero attached hydrogens (tertiary/aromatic N) is 5. The van der Waals surface area contributed by atoms with E-state index in [9.17, 15) is 5.11 Å². The Morgan fingerprint density at radius 3 is 2.59 bits per heavy atom. The Kier molecular flexibility index (Phi) is 6.64. The molecule has 0 aliphatic rings. The molecular formula is C21H31N7O. The lowest BCUT2D eigenvalue weighted by atomic mass is 9.98. The Morgan fingerprint density at radius 1 is 1.17 bits per heavy atom. The summed E-state index contributed by atoms with van der Waals surface area (Å²) < 4.78 is 2.03. The molecule has 0 spiro atoms. The summed E-state index contributed by atoms with van der Waals surface area (Å²) in [5, 5.41) is 17.2. The van der Waals surface area contributed by atoms with Crippen molar-refractivity contribution in [1.29, 1.82) is 0 Å². The highest BCUT2D eigenvalue weighted by Crippen LogP contribution is 2.25. The van der Waals surface area contributed by atoms with Crippen LogP contribution < -0.4 is 10.6 Å². The van der Waals surface area contributed by atoms with Gasteiger partial charge >= 0.3 is 0 Å². The second-order valence-corrected chi connectivity index (χ2v) is 7.92. The normalized spacial score (nSPS) is 13.8. The summed E-state index contributed by atoms with van der Waals surface area (Å²) in [4.78, 5) is 18.1. The van der Waals surface area contributed by atoms with E-state index in [0.717, 1.165) is 23.1 Å². The Labute approximate surface area is 171 Å². The molecule has 0 saturated carbocycles. The van der Waals surface area contributed by atoms with Gasteiger partial charge in [0.25, 0.3) is 0 Å². The average molecular weight is 398 g/mol. The molecule has 0 amide bonds. The van der Waals surface area contributed by atoms with E-state index in [4.69, 9.17) is 4.98 Å². The SMILES string of the molecule is CC[C@@H](Nc1nc(NCc2cccnc2)c2ncn(C(C)C)c2n1)[C@H](O)C(C)C. The lowest BCUT2D eigenvalue weighted by Crippen LogP contribution is -2.37. The van der Waals surface area contributed by atoms with Crippen molar-refractivity contribution in [2.75, 3.05) is 10.6 Å². The third-order valence-corrected chi connectivity index (χ3v) is 5.01. The molecule has 156 valence electrons. The fourth-order valence-electron chi connectivity index (χ4n) is 3.23. The second-order valence-electron chi connectivity index (χ2n) is 7.92. The first-order valence-corrected chi connectivity index (χ1v) is 10.2. The van der Waals surface area contributed by atoms with Gasteiger partial charge in [0.15, 0.2) is 17.0 Å². The van der Waals surface area contributed by atoms with Crippen molar-refractivity contribution >= 4 is 22.9 Å². The van der Waals surface area contributed by atoms with E-state index < -0.39 is 6.10 Å². The van der Waals surface area contributed by atoms with Crippen LogP contribution in [0.15, 0.2) is 30.9 Å². The number of fused-ring (bicyclic) bond motifs is 1. The maximum atomic E-state index is 10.5. The standard InChI is InChI=1S/C21H31N7O/c1-6-16(18(29)13(2)3)25-21-26-19(23-11-15-8-7-9-22-10-15)17-20(27-21)28(12-24-17)14(4)5/h7-10,12-14,16,18,29H,6,11H2,1-5H3,(H2,23,25,26,27)/t16-,18-/m1/s1. The van der Waals surface area contributed by atoms with Crippen LogP contribution >= 0.6 is 0 Å². The highest BCUT2D eigenvalue weighted by molar-refractivity contribution is 5.84. The number of rotatable bonds is 9. The molecule has 8 heteroatoms. The van der Waals surface area contributed by atoms with Crippen molar-refractivity contribution < 1.29 is 5.11 Å². The molecule has 3 N–H and O–H groups in total. The number of hydrogen-bond acceptors (Lipinski definition) is 7. The van der Waals surface area contributed by atoms with Crippen molar-refractivity contribution in [3.8, 4) is 0 Å². The molecule has 0 aromatic carbocycles. The van der Waals surface area contributed by atoms with Crippen LogP contribution in [0.2, 0.25) is 0 Å². The van der Waals surface area contributed by atoms with Crippen LogP contribution in [0.25, 0.3) is 11.2 Å². The molecule has 3 rings (SSSR count). The summed E-state index contributed by atoms with van der Waals surface area (Å²) in [5.74, 6) is 1.29. The molecule has 3 heterocycles. The zero-order valence-corrected chi connectivity index (χ0v) is 17.8. The van der Waals surface area contributed by atoms with E-state index in [-0.39, 0.29) is 18.0 Å². The van der Waals surface area contributed by atoms with Crippen LogP contribution in [-0.2, 0) is 6.54 Å². The van der Waals surface area contributed by atoms with Crippen LogP contribution in [0, 0.1) is 5.92 Å². The van der Waals surface area contributed by atoms with Crippen molar-refractivity contribution in [3.63, 3.8) is 0 Å². The van der Waals surface area contributed by atoms with E-state index >= 15 is 0 Å². The van der Waals surface area contributed by atoms with Crippen LogP contribution in [0.1, 0.15) is 52.6 Å². The number of aliphatic hydroxyl groups excluding tert-OH is 1. The molecule has 0 saturated heterocycles. The number of aliphatic hydroxyl groups is 1. The minimum Gasteiger partial charge on any atom is -0.391 e. The predicted octanol–water partition coefficient (Wildman–Crippen LogP) is 3.62. The quantitative estimate of drug-likeness (QED) is 0.507. The smallest absolute Gasteiger partial charge is 0.227 e. The molecule has 8 nitrogen and oxygen atoms in total. The van der Waals surface area contributed by atoms with Gasteiger partial charge in [-0.2, -0.15) is 9.97 Å². The van der Waals surface area contributed by atoms with E-state index in [1.165, 1.54) is 0 Å². The van der Waals surface area contributed by atoms with Crippen molar-refractivity contribution in [3.05, 3.63) is 36.4 Å². The number of anilines is 2. The van der Waals surface area contributed by atoms with Gasteiger partial charge in [0, 0.05) is 25.0 Å². The third kappa shape index (κ3) is 4.82. The monoisotopic (exact) mass is 397 g/mol. The zero-order valence-electron chi connectivity index (χ0n) is 17.8. The number of nitrogens with one attached hydrogen (secondary N) is 2. The summed E-state index contributed by atoms with van der Waals surface area (Å²) in [6.07, 6.45) is 5.65. The summed E-state index contributed by atoms with van der Waals surface area (Å²) in [5.41, 5.74) is 2.55. The second kappa shape index (κ2) is 9.17. The highest BCUT2D eigenvalue weighted by Gasteiger charge is 2.23. The van der Waals surface area contributed by atoms with Crippen LogP contribution in [0.4, 0.5) is 11.8 Å². The topological polar surface area (TPSA) is 101 Å². The Hall–Kier alpha value is -2.74. The van der Waals surface area contributed by atoms with Gasteiger partial charge in [-0.25, -0.2) is 4.98 Å². The molecule has 0 fully saturated rings. The van der Waals surface area contributed by atoms with Gasteiger partial charge in [-0.15, -0.1) is 0 Å². The summed E-state index contributed by atoms with van der Waals surface area (Å²) in [6, 6.07) is 4.01. The zero-order chi connectivity index (χ0) is 21.0. The fourth-order valence-corrected chi connectivity index (χ4v) is 3.23. The van der Waals surface area contributed by atoms with E-state index in [2.05, 4.69) is 39.4 Å². The molecule has 0 aliphatic carbocycles. The first-order chi connectivity index (χ1) is 13.9. The largest absolute Gasteiger partial charge is 0.391 e. The van der Waals surface area contributed by atoms with Gasteiger partial charge in [-0.1, -0.05) is 26.8 Å². The Bertz CT molecular complexity index is 923. The van der Waals surface area contributed by atoms with Gasteiger partial charge in [-0.05, 0) is 37.8 Å². The maximum Gasteiger partial charge on any atom is 0.227 e. The van der Waals surface area contributed by atoms with Gasteiger partial charge in [-0.3, -0.25) is 4.98 Å². The highest BCUT2D eigenvalue weighted by atomic mass is 16.3. The van der Waals surface area contributed by atoms with Crippen LogP contribution in [-0.4, -0.2) is 41.8 Å². The fraction of sp³-hybridized carbons (Fsp3) is 0.524. The number of hydrogen-bond donors (Lipinski definition) is 3. The van der Waals surface area contributed by atoms with Gasteiger partial charge in [0.2, 0.25) is 5.95 Å². The van der Waals surface area contributed by atoms with E-state index in [1.807, 2.05) is 43.7 Å². The van der Waals surface area contributed by atoms with Gasteiger partial charge in [0.1, 0.15) is 0 Å². The molecule has 2 atom stereocenters.